The van der Waals surface area contributed by atoms with Crippen LogP contribution in [0.25, 0.3) is 0 Å². The molecule has 23 heteroatoms. The van der Waals surface area contributed by atoms with Crippen molar-refractivity contribution in [2.75, 3.05) is 20.3 Å². The second-order valence-electron chi connectivity index (χ2n) is 14.6. The zero-order valence-corrected chi connectivity index (χ0v) is 37.7. The molecule has 22 nitrogen and oxygen atoms in total. The Balaban J connectivity index is 2.58. The van der Waals surface area contributed by atoms with Crippen molar-refractivity contribution in [3.8, 4) is 0 Å². The Morgan fingerprint density at radius 1 is 0.703 bits per heavy atom. The van der Waals surface area contributed by atoms with Crippen LogP contribution in [-0.4, -0.2) is 146 Å². The number of esters is 9. The summed E-state index contributed by atoms with van der Waals surface area (Å²) in [4.78, 5) is 131. The predicted molar refractivity (Wildman–Crippen MR) is 213 cm³/mol. The smallest absolute Gasteiger partial charge is 0.342 e. The van der Waals surface area contributed by atoms with Crippen molar-refractivity contribution in [3.05, 3.63) is 30.3 Å². The van der Waals surface area contributed by atoms with Crippen LogP contribution >= 0.6 is 11.8 Å². The molecule has 0 aliphatic carbocycles. The van der Waals surface area contributed by atoms with E-state index in [9.17, 15) is 47.9 Å². The lowest BCUT2D eigenvalue weighted by atomic mass is 9.72. The molecule has 0 saturated carbocycles. The van der Waals surface area contributed by atoms with Crippen molar-refractivity contribution in [1.82, 2.24) is 5.32 Å². The van der Waals surface area contributed by atoms with Crippen LogP contribution in [-0.2, 0) is 100 Å². The van der Waals surface area contributed by atoms with Crippen molar-refractivity contribution in [3.63, 3.8) is 0 Å². The van der Waals surface area contributed by atoms with Crippen LogP contribution < -0.4 is 5.32 Å². The fourth-order valence-corrected chi connectivity index (χ4v) is 8.61. The number of carbonyl (C=O) groups is 10. The van der Waals surface area contributed by atoms with Gasteiger partial charge in [0, 0.05) is 73.6 Å². The third-order valence-electron chi connectivity index (χ3n) is 9.44. The van der Waals surface area contributed by atoms with Crippen LogP contribution in [0.2, 0.25) is 0 Å². The van der Waals surface area contributed by atoms with Crippen molar-refractivity contribution in [1.29, 1.82) is 0 Å². The van der Waals surface area contributed by atoms with Gasteiger partial charge in [0.05, 0.1) is 19.1 Å². The number of ether oxygens (including phenoxy) is 11. The zero-order chi connectivity index (χ0) is 48.1. The molecule has 3 rings (SSSR count). The van der Waals surface area contributed by atoms with Crippen molar-refractivity contribution < 1.29 is 100 Å². The first-order valence-corrected chi connectivity index (χ1v) is 20.6. The topological polar surface area (TPSA) is 284 Å². The van der Waals surface area contributed by atoms with E-state index in [1.807, 2.05) is 0 Å². The number of rotatable bonds is 18. The van der Waals surface area contributed by atoms with Crippen molar-refractivity contribution in [2.24, 2.45) is 5.92 Å². The summed E-state index contributed by atoms with van der Waals surface area (Å²) in [6, 6.07) is 6.83. The first-order valence-electron chi connectivity index (χ1n) is 19.7. The van der Waals surface area contributed by atoms with Gasteiger partial charge in [-0.2, -0.15) is 0 Å². The van der Waals surface area contributed by atoms with Gasteiger partial charge in [-0.05, 0) is 12.1 Å². The second kappa shape index (κ2) is 23.8. The molecule has 2 aliphatic heterocycles. The number of hydrogen-bond donors (Lipinski definition) is 1. The van der Waals surface area contributed by atoms with Crippen LogP contribution in [0.5, 0.6) is 0 Å². The van der Waals surface area contributed by atoms with Crippen LogP contribution in [0.3, 0.4) is 0 Å². The maximum absolute atomic E-state index is 14.8. The molecule has 354 valence electrons. The maximum Gasteiger partial charge on any atom is 0.342 e. The average Bonchev–Trinajstić information content (AvgIpc) is 3.18. The Morgan fingerprint density at radius 3 is 1.77 bits per heavy atom. The van der Waals surface area contributed by atoms with E-state index in [4.69, 9.17) is 52.1 Å². The number of hydrogen-bond acceptors (Lipinski definition) is 22. The van der Waals surface area contributed by atoms with E-state index in [0.29, 0.717) is 4.90 Å². The molecule has 2 aliphatic rings. The third-order valence-corrected chi connectivity index (χ3v) is 10.6. The molecule has 64 heavy (non-hydrogen) atoms. The molecule has 0 radical (unpaired) electrons. The first-order chi connectivity index (χ1) is 30.0. The number of benzene rings is 1. The van der Waals surface area contributed by atoms with Gasteiger partial charge >= 0.3 is 53.7 Å². The minimum atomic E-state index is -2.85. The Labute approximate surface area is 372 Å². The summed E-state index contributed by atoms with van der Waals surface area (Å²) in [5.74, 6) is -11.7. The van der Waals surface area contributed by atoms with Gasteiger partial charge in [0.1, 0.15) is 49.2 Å². The monoisotopic (exact) mass is 927 g/mol. The van der Waals surface area contributed by atoms with Crippen LogP contribution in [0.15, 0.2) is 35.2 Å². The molecule has 1 aromatic rings. The lowest BCUT2D eigenvalue weighted by Gasteiger charge is -2.54. The largest absolute Gasteiger partial charge is 0.467 e. The number of carbonyl (C=O) groups excluding carboxylic acids is 10. The molecular formula is C41H53NO21S. The quantitative estimate of drug-likeness (QED) is 0.159. The van der Waals surface area contributed by atoms with Gasteiger partial charge in [-0.3, -0.25) is 43.2 Å². The van der Waals surface area contributed by atoms with Gasteiger partial charge in [0.25, 0.3) is 0 Å². The van der Waals surface area contributed by atoms with Crippen LogP contribution in [0.4, 0.5) is 0 Å². The van der Waals surface area contributed by atoms with Crippen LogP contribution in [0, 0.1) is 5.92 Å². The Hall–Kier alpha value is -5.81. The van der Waals surface area contributed by atoms with Gasteiger partial charge in [-0.15, -0.1) is 0 Å². The molecule has 2 fully saturated rings. The normalized spacial score (nSPS) is 26.5. The maximum atomic E-state index is 14.8. The summed E-state index contributed by atoms with van der Waals surface area (Å²) in [6.07, 6.45) is -15.5. The molecule has 0 aromatic heterocycles. The predicted octanol–water partition coefficient (Wildman–Crippen LogP) is 1.04. The fourth-order valence-electron chi connectivity index (χ4n) is 7.45. The molecule has 1 amide bonds. The minimum absolute atomic E-state index is 0.530. The lowest BCUT2D eigenvalue weighted by molar-refractivity contribution is -0.288. The standard InChI is InChI=1S/C41H53NO21S/c1-19(43)42-33-29(56-22(4)46)16-41(40(52)53-10,63-37(33)35(59-25(7)49)31(57-23(5)47)18-55-21(3)45)38(61-27(9)51)32-34(58-24(6)48)30(17-54-20(2)44)62-39(36(32)60-26(8)50)64-28-14-12-11-13-15-28/h11-15,29-39H,16-18H2,1-10H3,(H,42,43)/t29-,30+,31+,32-,33+,34-,35+,36+,37+,38-,39-,41-/m0/s1. The van der Waals surface area contributed by atoms with E-state index in [-0.39, 0.29) is 0 Å². The Morgan fingerprint density at radius 2 is 1.27 bits per heavy atom. The van der Waals surface area contributed by atoms with Gasteiger partial charge in [0.15, 0.2) is 18.3 Å². The Kier molecular flexibility index (Phi) is 19.5. The summed E-state index contributed by atoms with van der Waals surface area (Å²) < 4.78 is 63.5. The lowest BCUT2D eigenvalue weighted by Crippen LogP contribution is -2.74. The van der Waals surface area contributed by atoms with Crippen molar-refractivity contribution >= 4 is 71.4 Å². The highest BCUT2D eigenvalue weighted by Crippen LogP contribution is 2.48. The zero-order valence-electron chi connectivity index (χ0n) is 36.8. The average molecular weight is 928 g/mol. The SMILES string of the molecule is COC(=O)[C@@]1([C@@H](OC(C)=O)[C@H]2[C@@H](OC(C)=O)[C@@H](COC(C)=O)O[C@@H](Sc3ccccc3)[C@@H]2OC(C)=O)C[C@H](OC(C)=O)[C@@H](NC(C)=O)[C@H]([C@H](OC(C)=O)[C@@H](COC(C)=O)OC(C)=O)O1. The summed E-state index contributed by atoms with van der Waals surface area (Å²) in [5, 5.41) is 2.56. The minimum Gasteiger partial charge on any atom is -0.467 e. The van der Waals surface area contributed by atoms with E-state index < -0.39 is 151 Å². The molecular weight excluding hydrogens is 875 g/mol. The highest BCUT2D eigenvalue weighted by atomic mass is 32.2. The fraction of sp³-hybridized carbons (Fsp3) is 0.610. The van der Waals surface area contributed by atoms with E-state index in [2.05, 4.69) is 5.32 Å². The van der Waals surface area contributed by atoms with Gasteiger partial charge < -0.3 is 57.4 Å². The molecule has 2 heterocycles. The van der Waals surface area contributed by atoms with E-state index in [0.717, 1.165) is 81.2 Å². The summed E-state index contributed by atoms with van der Waals surface area (Å²) in [6.45, 7) is 7.63. The van der Waals surface area contributed by atoms with Crippen molar-refractivity contribution in [2.45, 2.75) is 140 Å². The molecule has 0 spiro atoms. The third kappa shape index (κ3) is 14.6. The second-order valence-corrected chi connectivity index (χ2v) is 15.8. The molecule has 0 bridgehead atoms. The Bertz CT molecular complexity index is 1890. The van der Waals surface area contributed by atoms with E-state index in [1.54, 1.807) is 30.3 Å². The van der Waals surface area contributed by atoms with E-state index >= 15 is 0 Å². The summed E-state index contributed by atoms with van der Waals surface area (Å²) >= 11 is 0.977. The van der Waals surface area contributed by atoms with Gasteiger partial charge in [0.2, 0.25) is 11.5 Å². The number of nitrogens with one attached hydrogen (secondary N) is 1. The van der Waals surface area contributed by atoms with Gasteiger partial charge in [-0.25, -0.2) is 4.79 Å². The number of methoxy groups -OCH3 is 1. The van der Waals surface area contributed by atoms with Crippen LogP contribution in [0.1, 0.15) is 68.7 Å². The van der Waals surface area contributed by atoms with Gasteiger partial charge in [-0.1, -0.05) is 30.0 Å². The summed E-state index contributed by atoms with van der Waals surface area (Å²) in [7, 11) is 0.911. The number of amides is 1. The van der Waals surface area contributed by atoms with E-state index in [1.165, 1.54) is 0 Å². The highest BCUT2D eigenvalue weighted by Gasteiger charge is 2.68. The highest BCUT2D eigenvalue weighted by molar-refractivity contribution is 7.99. The molecule has 1 N–H and O–H groups in total. The molecule has 2 saturated heterocycles. The first kappa shape index (κ1) is 52.5. The molecule has 0 unspecified atom stereocenters. The summed E-state index contributed by atoms with van der Waals surface area (Å²) in [5.41, 5.74) is -4.20. The molecule has 1 aromatic carbocycles. The molecule has 12 atom stereocenters. The number of thioether (sulfide) groups is 1.